The number of likely N-dealkylation sites (tertiary alicyclic amines) is 1. The molecular weight excluding hydrogens is 322 g/mol. The Labute approximate surface area is 158 Å². The number of carbonyl (C=O) groups is 1. The van der Waals surface area contributed by atoms with Crippen LogP contribution in [-0.4, -0.2) is 55.0 Å². The van der Waals surface area contributed by atoms with Crippen molar-refractivity contribution in [2.24, 2.45) is 11.8 Å². The first-order chi connectivity index (χ1) is 12.7. The smallest absolute Gasteiger partial charge is 0.222 e. The van der Waals surface area contributed by atoms with E-state index in [9.17, 15) is 4.79 Å². The maximum Gasteiger partial charge on any atom is 0.222 e. The van der Waals surface area contributed by atoms with Crippen molar-refractivity contribution in [3.63, 3.8) is 0 Å². The first-order valence-corrected chi connectivity index (χ1v) is 10.5. The summed E-state index contributed by atoms with van der Waals surface area (Å²) in [4.78, 5) is 17.3. The van der Waals surface area contributed by atoms with Gasteiger partial charge in [-0.3, -0.25) is 9.69 Å². The standard InChI is InChI=1S/C22H35N3O/c1-2-25(22(26)9-8-19-10-13-23-14-11-19)18-21-12-15-24(17-21)16-20-6-4-3-5-7-20/h3-7,19,21,23H,2,8-18H2,1H3. The summed E-state index contributed by atoms with van der Waals surface area (Å²) in [5, 5.41) is 3.41. The fourth-order valence-electron chi connectivity index (χ4n) is 4.42. The first kappa shape index (κ1) is 19.4. The molecule has 3 rings (SSSR count). The van der Waals surface area contributed by atoms with Crippen LogP contribution in [0, 0.1) is 11.8 Å². The lowest BCUT2D eigenvalue weighted by Gasteiger charge is -2.27. The number of amides is 1. The normalized spacial score (nSPS) is 21.8. The third kappa shape index (κ3) is 5.82. The molecule has 1 unspecified atom stereocenters. The van der Waals surface area contributed by atoms with Gasteiger partial charge in [-0.05, 0) is 69.6 Å². The van der Waals surface area contributed by atoms with E-state index in [0.29, 0.717) is 11.8 Å². The fourth-order valence-corrected chi connectivity index (χ4v) is 4.42. The Bertz CT molecular complexity index is 542. The molecular formula is C22H35N3O. The van der Waals surface area contributed by atoms with Crippen molar-refractivity contribution in [3.05, 3.63) is 35.9 Å². The van der Waals surface area contributed by atoms with E-state index in [1.807, 2.05) is 0 Å². The number of nitrogens with zero attached hydrogens (tertiary/aromatic N) is 2. The highest BCUT2D eigenvalue weighted by molar-refractivity contribution is 5.76. The first-order valence-electron chi connectivity index (χ1n) is 10.5. The van der Waals surface area contributed by atoms with Crippen LogP contribution in [0.3, 0.4) is 0 Å². The topological polar surface area (TPSA) is 35.6 Å². The average molecular weight is 358 g/mol. The Morgan fingerprint density at radius 3 is 2.65 bits per heavy atom. The van der Waals surface area contributed by atoms with Crippen LogP contribution < -0.4 is 5.32 Å². The van der Waals surface area contributed by atoms with Gasteiger partial charge in [0.25, 0.3) is 0 Å². The maximum atomic E-state index is 12.7. The van der Waals surface area contributed by atoms with Gasteiger partial charge in [0, 0.05) is 32.6 Å². The van der Waals surface area contributed by atoms with Gasteiger partial charge >= 0.3 is 0 Å². The second-order valence-corrected chi connectivity index (χ2v) is 8.04. The van der Waals surface area contributed by atoms with Crippen molar-refractivity contribution in [2.75, 3.05) is 39.3 Å². The predicted octanol–water partition coefficient (Wildman–Crippen LogP) is 3.14. The van der Waals surface area contributed by atoms with Gasteiger partial charge in [0.1, 0.15) is 0 Å². The lowest BCUT2D eigenvalue weighted by atomic mass is 9.93. The summed E-state index contributed by atoms with van der Waals surface area (Å²) in [5.74, 6) is 1.74. The van der Waals surface area contributed by atoms with E-state index in [2.05, 4.69) is 52.4 Å². The predicted molar refractivity (Wildman–Crippen MR) is 107 cm³/mol. The number of nitrogens with one attached hydrogen (secondary N) is 1. The molecule has 2 fully saturated rings. The molecule has 0 radical (unpaired) electrons. The van der Waals surface area contributed by atoms with Gasteiger partial charge in [-0.25, -0.2) is 0 Å². The number of piperidine rings is 1. The molecule has 144 valence electrons. The van der Waals surface area contributed by atoms with Gasteiger partial charge in [-0.15, -0.1) is 0 Å². The monoisotopic (exact) mass is 357 g/mol. The molecule has 26 heavy (non-hydrogen) atoms. The zero-order valence-electron chi connectivity index (χ0n) is 16.3. The minimum atomic E-state index is 0.368. The van der Waals surface area contributed by atoms with Crippen LogP contribution in [0.5, 0.6) is 0 Å². The second kappa shape index (κ2) is 10.1. The van der Waals surface area contributed by atoms with Gasteiger partial charge in [0.05, 0.1) is 0 Å². The van der Waals surface area contributed by atoms with Crippen molar-refractivity contribution in [1.82, 2.24) is 15.1 Å². The molecule has 1 amide bonds. The molecule has 1 atom stereocenters. The largest absolute Gasteiger partial charge is 0.343 e. The molecule has 0 aliphatic carbocycles. The van der Waals surface area contributed by atoms with E-state index in [0.717, 1.165) is 64.6 Å². The van der Waals surface area contributed by atoms with Gasteiger partial charge < -0.3 is 10.2 Å². The molecule has 2 saturated heterocycles. The highest BCUT2D eigenvalue weighted by atomic mass is 16.2. The molecule has 0 aromatic heterocycles. The van der Waals surface area contributed by atoms with Gasteiger partial charge in [0.15, 0.2) is 0 Å². The molecule has 0 bridgehead atoms. The van der Waals surface area contributed by atoms with Gasteiger partial charge in [-0.2, -0.15) is 0 Å². The average Bonchev–Trinajstić information content (AvgIpc) is 3.12. The number of rotatable bonds is 8. The van der Waals surface area contributed by atoms with Crippen molar-refractivity contribution >= 4 is 5.91 Å². The van der Waals surface area contributed by atoms with Crippen molar-refractivity contribution in [2.45, 2.75) is 45.6 Å². The molecule has 4 nitrogen and oxygen atoms in total. The zero-order chi connectivity index (χ0) is 18.2. The summed E-state index contributed by atoms with van der Waals surface area (Å²) in [6.07, 6.45) is 5.48. The molecule has 0 spiro atoms. The fraction of sp³-hybridized carbons (Fsp3) is 0.682. The number of benzene rings is 1. The lowest BCUT2D eigenvalue weighted by Crippen LogP contribution is -2.36. The van der Waals surface area contributed by atoms with Gasteiger partial charge in [0.2, 0.25) is 5.91 Å². The summed E-state index contributed by atoms with van der Waals surface area (Å²) in [6.45, 7) is 9.46. The zero-order valence-corrected chi connectivity index (χ0v) is 16.3. The van der Waals surface area contributed by atoms with Crippen LogP contribution in [0.4, 0.5) is 0 Å². The summed E-state index contributed by atoms with van der Waals surface area (Å²) in [7, 11) is 0. The van der Waals surface area contributed by atoms with Crippen molar-refractivity contribution in [3.8, 4) is 0 Å². The van der Waals surface area contributed by atoms with Gasteiger partial charge in [-0.1, -0.05) is 30.3 Å². The van der Waals surface area contributed by atoms with Crippen LogP contribution in [0.1, 0.15) is 44.6 Å². The lowest BCUT2D eigenvalue weighted by molar-refractivity contribution is -0.132. The SMILES string of the molecule is CCN(CC1CCN(Cc2ccccc2)C1)C(=O)CCC1CCNCC1. The quantitative estimate of drug-likeness (QED) is 0.776. The van der Waals surface area contributed by atoms with Crippen LogP contribution >= 0.6 is 0 Å². The third-order valence-corrected chi connectivity index (χ3v) is 6.06. The Morgan fingerprint density at radius 2 is 1.92 bits per heavy atom. The second-order valence-electron chi connectivity index (χ2n) is 8.04. The Balaban J connectivity index is 1.40. The van der Waals surface area contributed by atoms with E-state index < -0.39 is 0 Å². The molecule has 2 heterocycles. The summed E-state index contributed by atoms with van der Waals surface area (Å²) in [5.41, 5.74) is 1.39. The summed E-state index contributed by atoms with van der Waals surface area (Å²) < 4.78 is 0. The maximum absolute atomic E-state index is 12.7. The third-order valence-electron chi connectivity index (χ3n) is 6.06. The van der Waals surface area contributed by atoms with E-state index in [1.54, 1.807) is 0 Å². The van der Waals surface area contributed by atoms with Crippen LogP contribution in [0.25, 0.3) is 0 Å². The molecule has 2 aliphatic rings. The van der Waals surface area contributed by atoms with E-state index in [4.69, 9.17) is 0 Å². The number of hydrogen-bond donors (Lipinski definition) is 1. The van der Waals surface area contributed by atoms with Crippen LogP contribution in [-0.2, 0) is 11.3 Å². The number of hydrogen-bond acceptors (Lipinski definition) is 3. The van der Waals surface area contributed by atoms with E-state index >= 15 is 0 Å². The highest BCUT2D eigenvalue weighted by Crippen LogP contribution is 2.22. The molecule has 2 aliphatic heterocycles. The molecule has 0 saturated carbocycles. The van der Waals surface area contributed by atoms with Crippen molar-refractivity contribution < 1.29 is 4.79 Å². The minimum absolute atomic E-state index is 0.368. The minimum Gasteiger partial charge on any atom is -0.343 e. The van der Waals surface area contributed by atoms with Crippen molar-refractivity contribution in [1.29, 1.82) is 0 Å². The summed E-state index contributed by atoms with van der Waals surface area (Å²) in [6, 6.07) is 10.7. The molecule has 1 aromatic carbocycles. The highest BCUT2D eigenvalue weighted by Gasteiger charge is 2.26. The molecule has 1 N–H and O–H groups in total. The molecule has 1 aromatic rings. The Morgan fingerprint density at radius 1 is 1.15 bits per heavy atom. The van der Waals surface area contributed by atoms with Crippen LogP contribution in [0.2, 0.25) is 0 Å². The number of carbonyl (C=O) groups excluding carboxylic acids is 1. The summed E-state index contributed by atoms with van der Waals surface area (Å²) >= 11 is 0. The molecule has 4 heteroatoms. The Kier molecular flexibility index (Phi) is 7.51. The van der Waals surface area contributed by atoms with E-state index in [-0.39, 0.29) is 0 Å². The van der Waals surface area contributed by atoms with Crippen LogP contribution in [0.15, 0.2) is 30.3 Å². The Hall–Kier alpha value is -1.39. The van der Waals surface area contributed by atoms with E-state index in [1.165, 1.54) is 24.8 Å².